The molecule has 0 bridgehead atoms. The number of esters is 2. The van der Waals surface area contributed by atoms with Gasteiger partial charge in [0.2, 0.25) is 0 Å². The van der Waals surface area contributed by atoms with Gasteiger partial charge in [-0.25, -0.2) is 0 Å². The molecule has 25 heavy (non-hydrogen) atoms. The maximum Gasteiger partial charge on any atom is 0.310 e. The van der Waals surface area contributed by atoms with Crippen LogP contribution in [0.2, 0.25) is 0 Å². The van der Waals surface area contributed by atoms with E-state index in [4.69, 9.17) is 9.47 Å². The Balaban J connectivity index is 1.75. The van der Waals surface area contributed by atoms with Gasteiger partial charge in [-0.2, -0.15) is 0 Å². The lowest BCUT2D eigenvalue weighted by Gasteiger charge is -2.64. The van der Waals surface area contributed by atoms with Crippen molar-refractivity contribution in [2.75, 3.05) is 13.7 Å². The van der Waals surface area contributed by atoms with Gasteiger partial charge in [-0.1, -0.05) is 27.2 Å². The van der Waals surface area contributed by atoms with Crippen molar-refractivity contribution >= 4 is 11.9 Å². The molecule has 0 N–H and O–H groups in total. The second kappa shape index (κ2) is 5.47. The lowest BCUT2D eigenvalue weighted by molar-refractivity contribution is -0.182. The third-order valence-corrected chi connectivity index (χ3v) is 8.69. The third-order valence-electron chi connectivity index (χ3n) is 8.69. The van der Waals surface area contributed by atoms with Gasteiger partial charge in [-0.3, -0.25) is 9.59 Å². The van der Waals surface area contributed by atoms with Crippen LogP contribution in [0.15, 0.2) is 0 Å². The first-order chi connectivity index (χ1) is 11.8. The summed E-state index contributed by atoms with van der Waals surface area (Å²) in [5, 5.41) is 0. The molecular formula is C21H32O4. The molecule has 1 aliphatic heterocycles. The minimum Gasteiger partial charge on any atom is -0.469 e. The van der Waals surface area contributed by atoms with Crippen molar-refractivity contribution in [3.63, 3.8) is 0 Å². The van der Waals surface area contributed by atoms with Crippen LogP contribution in [-0.2, 0) is 19.1 Å². The molecule has 4 heteroatoms. The Labute approximate surface area is 151 Å². The Morgan fingerprint density at radius 1 is 1.08 bits per heavy atom. The highest BCUT2D eigenvalue weighted by Crippen LogP contribution is 2.70. The van der Waals surface area contributed by atoms with Crippen molar-refractivity contribution in [3.05, 3.63) is 0 Å². The summed E-state index contributed by atoms with van der Waals surface area (Å²) in [4.78, 5) is 25.0. The number of hydrogen-bond donors (Lipinski definition) is 0. The predicted molar refractivity (Wildman–Crippen MR) is 93.6 cm³/mol. The zero-order chi connectivity index (χ0) is 18.0. The second-order valence-electron chi connectivity index (χ2n) is 10.0. The van der Waals surface area contributed by atoms with E-state index >= 15 is 0 Å². The largest absolute Gasteiger partial charge is 0.469 e. The van der Waals surface area contributed by atoms with E-state index in [0.29, 0.717) is 23.9 Å². The summed E-state index contributed by atoms with van der Waals surface area (Å²) in [6, 6.07) is 0. The summed E-state index contributed by atoms with van der Waals surface area (Å²) in [6.07, 6.45) is 7.78. The lowest BCUT2D eigenvalue weighted by atomic mass is 9.39. The summed E-state index contributed by atoms with van der Waals surface area (Å²) in [5.74, 6) is 0.204. The van der Waals surface area contributed by atoms with Crippen molar-refractivity contribution in [2.24, 2.45) is 39.9 Å². The van der Waals surface area contributed by atoms with Crippen LogP contribution < -0.4 is 0 Å². The molecule has 0 aromatic rings. The highest BCUT2D eigenvalue weighted by molar-refractivity contribution is 5.84. The van der Waals surface area contributed by atoms with E-state index in [1.54, 1.807) is 0 Å². The number of methoxy groups -OCH3 is 1. The van der Waals surface area contributed by atoms with E-state index in [1.807, 2.05) is 0 Å². The molecule has 0 amide bonds. The highest BCUT2D eigenvalue weighted by Gasteiger charge is 2.69. The predicted octanol–water partition coefficient (Wildman–Crippen LogP) is 3.97. The highest BCUT2D eigenvalue weighted by atomic mass is 16.5. The molecule has 4 nitrogen and oxygen atoms in total. The van der Waals surface area contributed by atoms with Crippen molar-refractivity contribution < 1.29 is 19.1 Å². The van der Waals surface area contributed by atoms with Crippen LogP contribution in [0.4, 0.5) is 0 Å². The van der Waals surface area contributed by atoms with Crippen molar-refractivity contribution in [2.45, 2.75) is 65.7 Å². The number of hydrogen-bond acceptors (Lipinski definition) is 4. The van der Waals surface area contributed by atoms with Crippen LogP contribution in [0.5, 0.6) is 0 Å². The zero-order valence-electron chi connectivity index (χ0n) is 16.1. The normalized spacial score (nSPS) is 47.9. The van der Waals surface area contributed by atoms with Gasteiger partial charge in [-0.15, -0.1) is 0 Å². The first-order valence-corrected chi connectivity index (χ1v) is 10.0. The van der Waals surface area contributed by atoms with Gasteiger partial charge < -0.3 is 9.47 Å². The number of carbonyl (C=O) groups is 2. The summed E-state index contributed by atoms with van der Waals surface area (Å²) < 4.78 is 10.7. The van der Waals surface area contributed by atoms with E-state index < -0.39 is 0 Å². The van der Waals surface area contributed by atoms with Gasteiger partial charge in [0.15, 0.2) is 0 Å². The molecule has 4 fully saturated rings. The molecule has 140 valence electrons. The van der Waals surface area contributed by atoms with E-state index in [0.717, 1.165) is 25.7 Å². The van der Waals surface area contributed by atoms with Crippen LogP contribution in [0.3, 0.4) is 0 Å². The smallest absolute Gasteiger partial charge is 0.310 e. The molecule has 1 spiro atoms. The molecule has 4 rings (SSSR count). The summed E-state index contributed by atoms with van der Waals surface area (Å²) >= 11 is 0. The van der Waals surface area contributed by atoms with E-state index in [2.05, 4.69) is 20.8 Å². The minimum atomic E-state index is -0.312. The fourth-order valence-corrected chi connectivity index (χ4v) is 7.81. The van der Waals surface area contributed by atoms with Crippen LogP contribution in [0, 0.1) is 39.9 Å². The van der Waals surface area contributed by atoms with Crippen LogP contribution in [0.25, 0.3) is 0 Å². The molecule has 3 aliphatic carbocycles. The Morgan fingerprint density at radius 2 is 1.84 bits per heavy atom. The molecular weight excluding hydrogens is 316 g/mol. The lowest BCUT2D eigenvalue weighted by Crippen LogP contribution is -2.61. The van der Waals surface area contributed by atoms with Crippen LogP contribution >= 0.6 is 0 Å². The Morgan fingerprint density at radius 3 is 2.56 bits per heavy atom. The average molecular weight is 348 g/mol. The van der Waals surface area contributed by atoms with Crippen LogP contribution in [0.1, 0.15) is 65.7 Å². The molecule has 1 saturated heterocycles. The molecule has 0 aromatic heterocycles. The maximum atomic E-state index is 12.7. The maximum absolute atomic E-state index is 12.7. The quantitative estimate of drug-likeness (QED) is 0.673. The van der Waals surface area contributed by atoms with Crippen molar-refractivity contribution in [1.29, 1.82) is 0 Å². The number of rotatable bonds is 1. The molecule has 3 saturated carbocycles. The second-order valence-corrected chi connectivity index (χ2v) is 10.0. The van der Waals surface area contributed by atoms with E-state index in [-0.39, 0.29) is 34.6 Å². The minimum absolute atomic E-state index is 0.146. The van der Waals surface area contributed by atoms with Gasteiger partial charge in [0.1, 0.15) is 0 Å². The number of ether oxygens (including phenoxy) is 2. The van der Waals surface area contributed by atoms with Crippen molar-refractivity contribution in [3.8, 4) is 0 Å². The first-order valence-electron chi connectivity index (χ1n) is 10.0. The Bertz CT molecular complexity index is 597. The number of cyclic esters (lactones) is 1. The van der Waals surface area contributed by atoms with Crippen LogP contribution in [-0.4, -0.2) is 25.7 Å². The fraction of sp³-hybridized carbons (Fsp3) is 0.905. The molecule has 0 aromatic carbocycles. The van der Waals surface area contributed by atoms with Gasteiger partial charge in [-0.05, 0) is 61.2 Å². The molecule has 4 aliphatic rings. The first kappa shape index (κ1) is 17.4. The van der Waals surface area contributed by atoms with E-state index in [9.17, 15) is 9.59 Å². The summed E-state index contributed by atoms with van der Waals surface area (Å²) in [7, 11) is 1.43. The average Bonchev–Trinajstić information content (AvgIpc) is 2.89. The van der Waals surface area contributed by atoms with Gasteiger partial charge >= 0.3 is 11.9 Å². The number of carbonyl (C=O) groups excluding carboxylic acids is 2. The molecule has 6 atom stereocenters. The van der Waals surface area contributed by atoms with Crippen molar-refractivity contribution in [1.82, 2.24) is 0 Å². The topological polar surface area (TPSA) is 52.6 Å². The monoisotopic (exact) mass is 348 g/mol. The van der Waals surface area contributed by atoms with Gasteiger partial charge in [0.25, 0.3) is 0 Å². The molecule has 6 unspecified atom stereocenters. The Hall–Kier alpha value is -1.06. The standard InChI is InChI=1S/C21H32O4/c1-19(2)9-5-10-20(3)14(19)8-11-21-12-25-18(23)16(21)13(17(22)24-4)6-7-15(20)21/h13-16H,5-12H2,1-4H3. The van der Waals surface area contributed by atoms with Gasteiger partial charge in [0.05, 0.1) is 25.6 Å². The zero-order valence-corrected chi connectivity index (χ0v) is 16.1. The van der Waals surface area contributed by atoms with E-state index in [1.165, 1.54) is 26.4 Å². The molecule has 0 radical (unpaired) electrons. The summed E-state index contributed by atoms with van der Waals surface area (Å²) in [6.45, 7) is 7.85. The fourth-order valence-electron chi connectivity index (χ4n) is 7.81. The van der Waals surface area contributed by atoms with Gasteiger partial charge in [0, 0.05) is 5.41 Å². The third kappa shape index (κ3) is 2.18. The SMILES string of the molecule is COC(=O)C1CCC2C3(C)CCCC(C)(C)C3CCC23COC(=O)C13. The summed E-state index contributed by atoms with van der Waals surface area (Å²) in [5.41, 5.74) is 0.479. The Kier molecular flexibility index (Phi) is 3.80. The molecule has 1 heterocycles. The number of fused-ring (bicyclic) bond motifs is 2.